The van der Waals surface area contributed by atoms with E-state index < -0.39 is 10.0 Å². The summed E-state index contributed by atoms with van der Waals surface area (Å²) in [4.78, 5) is 1.26. The summed E-state index contributed by atoms with van der Waals surface area (Å²) in [6.07, 6.45) is 3.55. The topological polar surface area (TPSA) is 64.0 Å². The number of hydrogen-bond donors (Lipinski definition) is 1. The number of nitrogens with one attached hydrogen (secondary N) is 1. The highest BCUT2D eigenvalue weighted by Gasteiger charge is 2.27. The van der Waals surface area contributed by atoms with E-state index in [0.29, 0.717) is 37.6 Å². The summed E-state index contributed by atoms with van der Waals surface area (Å²) in [7, 11) is -3.41. The second-order valence-electron chi connectivity index (χ2n) is 6.78. The highest BCUT2D eigenvalue weighted by molar-refractivity contribution is 7.92. The maximum absolute atomic E-state index is 12.6. The van der Waals surface area contributed by atoms with Gasteiger partial charge in [0.1, 0.15) is 0 Å². The quantitative estimate of drug-likeness (QED) is 0.631. The first-order chi connectivity index (χ1) is 13.5. The van der Waals surface area contributed by atoms with Gasteiger partial charge >= 0.3 is 0 Å². The minimum atomic E-state index is -3.41. The molecule has 0 bridgehead atoms. The molecule has 28 heavy (non-hydrogen) atoms. The van der Waals surface area contributed by atoms with Gasteiger partial charge in [0.05, 0.1) is 26.2 Å². The molecule has 1 N–H and O–H groups in total. The first-order valence-electron chi connectivity index (χ1n) is 9.14. The molecule has 0 saturated carbocycles. The fourth-order valence-electron chi connectivity index (χ4n) is 3.31. The Bertz CT molecular complexity index is 1140. The zero-order valence-corrected chi connectivity index (χ0v) is 16.9. The Morgan fingerprint density at radius 1 is 1.07 bits per heavy atom. The van der Waals surface area contributed by atoms with Crippen LogP contribution in [0.2, 0.25) is 0 Å². The van der Waals surface area contributed by atoms with E-state index in [0.717, 1.165) is 11.2 Å². The SMILES string of the molecule is O=S(=O)(/C=C/c1ccccc1)N1CC[NH+](Cn2nc3ccccn3c2=S)CC1. The molecule has 1 aliphatic rings. The molecule has 7 nitrogen and oxygen atoms in total. The van der Waals surface area contributed by atoms with Crippen molar-refractivity contribution in [1.82, 2.24) is 18.5 Å². The third-order valence-electron chi connectivity index (χ3n) is 4.88. The van der Waals surface area contributed by atoms with E-state index in [1.807, 2.05) is 63.8 Å². The third kappa shape index (κ3) is 4.07. The summed E-state index contributed by atoms with van der Waals surface area (Å²) in [5.41, 5.74) is 1.69. The van der Waals surface area contributed by atoms with Crippen LogP contribution in [0.3, 0.4) is 0 Å². The fourth-order valence-corrected chi connectivity index (χ4v) is 4.77. The van der Waals surface area contributed by atoms with E-state index in [-0.39, 0.29) is 0 Å². The van der Waals surface area contributed by atoms with E-state index >= 15 is 0 Å². The van der Waals surface area contributed by atoms with Crippen LogP contribution in [0.5, 0.6) is 0 Å². The lowest BCUT2D eigenvalue weighted by atomic mass is 10.2. The lowest BCUT2D eigenvalue weighted by molar-refractivity contribution is -0.926. The van der Waals surface area contributed by atoms with Crippen LogP contribution in [0, 0.1) is 4.77 Å². The molecule has 3 heterocycles. The summed E-state index contributed by atoms with van der Waals surface area (Å²) in [6.45, 7) is 3.03. The van der Waals surface area contributed by atoms with Crippen LogP contribution in [0.15, 0.2) is 60.1 Å². The number of aromatic nitrogens is 3. The number of sulfonamides is 1. The number of quaternary nitrogens is 1. The molecule has 146 valence electrons. The third-order valence-corrected chi connectivity index (χ3v) is 6.86. The average molecular weight is 417 g/mol. The van der Waals surface area contributed by atoms with Gasteiger partial charge in [0.2, 0.25) is 14.8 Å². The molecule has 2 aromatic heterocycles. The largest absolute Gasteiger partial charge is 0.314 e. The Hall–Kier alpha value is -2.33. The van der Waals surface area contributed by atoms with Gasteiger partial charge in [0.15, 0.2) is 12.3 Å². The van der Waals surface area contributed by atoms with Gasteiger partial charge in [-0.05, 0) is 36.0 Å². The van der Waals surface area contributed by atoms with Crippen LogP contribution >= 0.6 is 12.2 Å². The maximum Gasteiger partial charge on any atom is 0.236 e. The monoisotopic (exact) mass is 416 g/mol. The Morgan fingerprint density at radius 2 is 1.79 bits per heavy atom. The first kappa shape index (κ1) is 19.0. The van der Waals surface area contributed by atoms with Gasteiger partial charge in [-0.2, -0.15) is 8.99 Å². The van der Waals surface area contributed by atoms with Crippen molar-refractivity contribution in [3.05, 3.63) is 70.5 Å². The van der Waals surface area contributed by atoms with Crippen LogP contribution < -0.4 is 4.90 Å². The summed E-state index contributed by atoms with van der Waals surface area (Å²) in [5, 5.41) is 5.85. The lowest BCUT2D eigenvalue weighted by Crippen LogP contribution is -3.14. The van der Waals surface area contributed by atoms with Gasteiger partial charge in [-0.3, -0.25) is 4.40 Å². The van der Waals surface area contributed by atoms with E-state index in [2.05, 4.69) is 5.10 Å². The van der Waals surface area contributed by atoms with Crippen LogP contribution in [0.1, 0.15) is 5.56 Å². The number of benzene rings is 1. The number of nitrogens with zero attached hydrogens (tertiary/aromatic N) is 4. The highest BCUT2D eigenvalue weighted by Crippen LogP contribution is 2.08. The Balaban J connectivity index is 1.39. The van der Waals surface area contributed by atoms with Gasteiger partial charge < -0.3 is 4.90 Å². The molecular formula is C19H22N5O2S2+. The van der Waals surface area contributed by atoms with Crippen molar-refractivity contribution in [2.45, 2.75) is 6.67 Å². The normalized spacial score (nSPS) is 16.9. The van der Waals surface area contributed by atoms with Gasteiger partial charge in [-0.25, -0.2) is 8.42 Å². The van der Waals surface area contributed by atoms with Crippen molar-refractivity contribution < 1.29 is 13.3 Å². The molecular weight excluding hydrogens is 394 g/mol. The molecule has 1 aromatic carbocycles. The number of rotatable bonds is 5. The second-order valence-corrected chi connectivity index (χ2v) is 8.96. The molecule has 9 heteroatoms. The maximum atomic E-state index is 12.6. The van der Waals surface area contributed by atoms with E-state index in [9.17, 15) is 8.42 Å². The Kier molecular flexibility index (Phi) is 5.40. The average Bonchev–Trinajstić information content (AvgIpc) is 3.03. The number of piperazine rings is 1. The van der Waals surface area contributed by atoms with Crippen LogP contribution in [0.4, 0.5) is 0 Å². The Morgan fingerprint density at radius 3 is 2.50 bits per heavy atom. The van der Waals surface area contributed by atoms with Crippen molar-refractivity contribution in [3.63, 3.8) is 0 Å². The minimum absolute atomic E-state index is 0.484. The first-order valence-corrected chi connectivity index (χ1v) is 11.1. The second kappa shape index (κ2) is 7.96. The highest BCUT2D eigenvalue weighted by atomic mass is 32.2. The van der Waals surface area contributed by atoms with Crippen molar-refractivity contribution in [2.24, 2.45) is 0 Å². The molecule has 0 unspecified atom stereocenters. The van der Waals surface area contributed by atoms with Gasteiger partial charge in [-0.1, -0.05) is 36.4 Å². The molecule has 3 aromatic rings. The zero-order valence-electron chi connectivity index (χ0n) is 15.3. The Labute approximate surface area is 169 Å². The van der Waals surface area contributed by atoms with Crippen LogP contribution in [-0.4, -0.2) is 53.1 Å². The number of pyridine rings is 1. The number of hydrogen-bond acceptors (Lipinski definition) is 4. The zero-order chi connectivity index (χ0) is 19.6. The molecule has 4 rings (SSSR count). The van der Waals surface area contributed by atoms with E-state index in [1.165, 1.54) is 10.3 Å². The van der Waals surface area contributed by atoms with E-state index in [1.54, 1.807) is 10.4 Å². The predicted octanol–water partition coefficient (Wildman–Crippen LogP) is 1.02. The van der Waals surface area contributed by atoms with Crippen molar-refractivity contribution in [2.75, 3.05) is 26.2 Å². The van der Waals surface area contributed by atoms with Crippen molar-refractivity contribution >= 4 is 34.0 Å². The summed E-state index contributed by atoms with van der Waals surface area (Å²) in [6, 6.07) is 15.2. The van der Waals surface area contributed by atoms with Gasteiger partial charge in [0, 0.05) is 11.6 Å². The van der Waals surface area contributed by atoms with Crippen molar-refractivity contribution in [3.8, 4) is 0 Å². The van der Waals surface area contributed by atoms with Crippen LogP contribution in [-0.2, 0) is 16.7 Å². The standard InChI is InChI=1S/C19H21N5O2S2/c25-28(26,15-9-17-6-2-1-3-7-17)22-13-11-21(12-14-22)16-24-19(27)23-10-5-4-8-18(23)20-24/h1-10,15H,11-14,16H2/p+1/b15-9+. The molecule has 1 saturated heterocycles. The van der Waals surface area contributed by atoms with Gasteiger partial charge in [0.25, 0.3) is 0 Å². The fraction of sp³-hybridized carbons (Fsp3) is 0.263. The molecule has 0 atom stereocenters. The summed E-state index contributed by atoms with van der Waals surface area (Å²) in [5.74, 6) is 0. The van der Waals surface area contributed by atoms with Crippen molar-refractivity contribution in [1.29, 1.82) is 0 Å². The molecule has 0 aliphatic carbocycles. The number of fused-ring (bicyclic) bond motifs is 1. The summed E-state index contributed by atoms with van der Waals surface area (Å²) < 4.78 is 31.1. The molecule has 0 amide bonds. The molecule has 1 aliphatic heterocycles. The molecule has 0 spiro atoms. The lowest BCUT2D eigenvalue weighted by Gasteiger charge is -2.30. The predicted molar refractivity (Wildman–Crippen MR) is 111 cm³/mol. The smallest absolute Gasteiger partial charge is 0.236 e. The molecule has 1 fully saturated rings. The minimum Gasteiger partial charge on any atom is -0.314 e. The molecule has 0 radical (unpaired) electrons. The summed E-state index contributed by atoms with van der Waals surface area (Å²) >= 11 is 5.49. The van der Waals surface area contributed by atoms with Gasteiger partial charge in [-0.15, -0.1) is 5.10 Å². The van der Waals surface area contributed by atoms with Crippen LogP contribution in [0.25, 0.3) is 11.7 Å². The van der Waals surface area contributed by atoms with E-state index in [4.69, 9.17) is 12.2 Å².